The van der Waals surface area contributed by atoms with Crippen molar-refractivity contribution in [2.24, 2.45) is 9.98 Å². The van der Waals surface area contributed by atoms with Crippen molar-refractivity contribution in [3.8, 4) is 0 Å². The Labute approximate surface area is 113 Å². The summed E-state index contributed by atoms with van der Waals surface area (Å²) in [6.45, 7) is 8.33. The lowest BCUT2D eigenvalue weighted by Crippen LogP contribution is -2.29. The Morgan fingerprint density at radius 1 is 1.33 bits per heavy atom. The van der Waals surface area contributed by atoms with Crippen molar-refractivity contribution in [1.82, 2.24) is 4.90 Å². The van der Waals surface area contributed by atoms with Gasteiger partial charge in [0.25, 0.3) is 0 Å². The molecule has 96 valence electrons. The summed E-state index contributed by atoms with van der Waals surface area (Å²) in [5.41, 5.74) is 1.04. The Morgan fingerprint density at radius 2 is 2.06 bits per heavy atom. The van der Waals surface area contributed by atoms with Crippen LogP contribution in [0.25, 0.3) is 0 Å². The first-order chi connectivity index (χ1) is 8.74. The zero-order valence-electron chi connectivity index (χ0n) is 11.2. The van der Waals surface area contributed by atoms with Crippen molar-refractivity contribution in [3.05, 3.63) is 24.3 Å². The standard InChI is InChI=1S/C14H19N3S/c1-4-17(5-2)11(3)15-14-10-18-13-9-7-6-8-12(13)16-14/h6-9H,4-5,10H2,1-3H3/b15-11+. The molecule has 0 amide bonds. The highest BCUT2D eigenvalue weighted by Crippen LogP contribution is 2.33. The molecule has 0 atom stereocenters. The first kappa shape index (κ1) is 13.1. The molecule has 1 aromatic carbocycles. The van der Waals surface area contributed by atoms with Crippen LogP contribution in [0.5, 0.6) is 0 Å². The second-order valence-corrected chi connectivity index (χ2v) is 5.13. The van der Waals surface area contributed by atoms with Gasteiger partial charge >= 0.3 is 0 Å². The number of nitrogens with zero attached hydrogens (tertiary/aromatic N) is 3. The van der Waals surface area contributed by atoms with Gasteiger partial charge in [0.2, 0.25) is 0 Å². The molecule has 1 heterocycles. The summed E-state index contributed by atoms with van der Waals surface area (Å²) in [4.78, 5) is 12.8. The van der Waals surface area contributed by atoms with E-state index in [1.54, 1.807) is 0 Å². The number of benzene rings is 1. The molecule has 0 aliphatic carbocycles. The van der Waals surface area contributed by atoms with E-state index in [0.29, 0.717) is 0 Å². The van der Waals surface area contributed by atoms with Gasteiger partial charge in [-0.1, -0.05) is 12.1 Å². The van der Waals surface area contributed by atoms with Gasteiger partial charge in [0.05, 0.1) is 11.4 Å². The van der Waals surface area contributed by atoms with Crippen LogP contribution in [0.1, 0.15) is 20.8 Å². The van der Waals surface area contributed by atoms with Crippen LogP contribution >= 0.6 is 11.8 Å². The number of fused-ring (bicyclic) bond motifs is 1. The lowest BCUT2D eigenvalue weighted by atomic mass is 10.3. The molecule has 1 aromatic rings. The van der Waals surface area contributed by atoms with Crippen LogP contribution in [0.2, 0.25) is 0 Å². The normalized spacial score (nSPS) is 15.1. The van der Waals surface area contributed by atoms with Crippen LogP contribution in [0, 0.1) is 0 Å². The number of aliphatic imine (C=N–C) groups is 2. The maximum absolute atomic E-state index is 4.65. The van der Waals surface area contributed by atoms with Gasteiger partial charge in [-0.05, 0) is 32.9 Å². The van der Waals surface area contributed by atoms with Crippen LogP contribution in [-0.4, -0.2) is 35.4 Å². The Balaban J connectivity index is 2.21. The molecule has 0 unspecified atom stereocenters. The van der Waals surface area contributed by atoms with Crippen LogP contribution < -0.4 is 0 Å². The van der Waals surface area contributed by atoms with E-state index < -0.39 is 0 Å². The molecule has 0 fully saturated rings. The van der Waals surface area contributed by atoms with Crippen molar-refractivity contribution in [2.45, 2.75) is 25.7 Å². The smallest absolute Gasteiger partial charge is 0.141 e. The molecule has 0 spiro atoms. The number of amidine groups is 2. The highest BCUT2D eigenvalue weighted by atomic mass is 32.2. The highest BCUT2D eigenvalue weighted by molar-refractivity contribution is 8.00. The molecule has 4 heteroatoms. The fraction of sp³-hybridized carbons (Fsp3) is 0.429. The van der Waals surface area contributed by atoms with E-state index in [0.717, 1.165) is 36.2 Å². The lowest BCUT2D eigenvalue weighted by molar-refractivity contribution is 0.463. The topological polar surface area (TPSA) is 28.0 Å². The zero-order chi connectivity index (χ0) is 13.0. The monoisotopic (exact) mass is 261 g/mol. The van der Waals surface area contributed by atoms with Gasteiger partial charge in [0, 0.05) is 18.0 Å². The summed E-state index contributed by atoms with van der Waals surface area (Å²) in [6, 6.07) is 8.23. The molecule has 3 nitrogen and oxygen atoms in total. The first-order valence-electron chi connectivity index (χ1n) is 6.34. The van der Waals surface area contributed by atoms with Gasteiger partial charge in [-0.3, -0.25) is 0 Å². The van der Waals surface area contributed by atoms with Crippen LogP contribution in [0.4, 0.5) is 5.69 Å². The van der Waals surface area contributed by atoms with E-state index in [1.807, 2.05) is 23.9 Å². The van der Waals surface area contributed by atoms with Crippen molar-refractivity contribution >= 4 is 29.1 Å². The number of hydrogen-bond acceptors (Lipinski definition) is 3. The summed E-state index contributed by atoms with van der Waals surface area (Å²) in [7, 11) is 0. The van der Waals surface area contributed by atoms with Gasteiger partial charge in [0.15, 0.2) is 0 Å². The molecule has 1 aliphatic rings. The second kappa shape index (κ2) is 6.05. The van der Waals surface area contributed by atoms with Gasteiger partial charge in [0.1, 0.15) is 11.7 Å². The minimum Gasteiger partial charge on any atom is -0.361 e. The number of hydrogen-bond donors (Lipinski definition) is 0. The molecule has 0 aromatic heterocycles. The predicted molar refractivity (Wildman–Crippen MR) is 80.3 cm³/mol. The predicted octanol–water partition coefficient (Wildman–Crippen LogP) is 3.58. The van der Waals surface area contributed by atoms with E-state index in [-0.39, 0.29) is 0 Å². The van der Waals surface area contributed by atoms with Crippen molar-refractivity contribution in [3.63, 3.8) is 0 Å². The summed E-state index contributed by atoms with van der Waals surface area (Å²) in [6.07, 6.45) is 0. The van der Waals surface area contributed by atoms with Crippen LogP contribution in [-0.2, 0) is 0 Å². The van der Waals surface area contributed by atoms with Crippen molar-refractivity contribution < 1.29 is 0 Å². The summed E-state index contributed by atoms with van der Waals surface area (Å²) in [5, 5.41) is 0. The van der Waals surface area contributed by atoms with E-state index in [9.17, 15) is 0 Å². The van der Waals surface area contributed by atoms with E-state index in [2.05, 4.69) is 47.8 Å². The van der Waals surface area contributed by atoms with E-state index >= 15 is 0 Å². The molecule has 0 bridgehead atoms. The minimum atomic E-state index is 0.857. The summed E-state index contributed by atoms with van der Waals surface area (Å²) < 4.78 is 0. The maximum atomic E-state index is 4.65. The SMILES string of the molecule is CCN(CC)/C(C)=N/C1=Nc2ccccc2SC1. The van der Waals surface area contributed by atoms with Crippen LogP contribution in [0.15, 0.2) is 39.1 Å². The Kier molecular flexibility index (Phi) is 4.42. The molecular weight excluding hydrogens is 242 g/mol. The first-order valence-corrected chi connectivity index (χ1v) is 7.32. The molecule has 0 N–H and O–H groups in total. The third kappa shape index (κ3) is 2.93. The number of rotatable bonds is 2. The quantitative estimate of drug-likeness (QED) is 0.601. The van der Waals surface area contributed by atoms with E-state index in [4.69, 9.17) is 0 Å². The zero-order valence-corrected chi connectivity index (χ0v) is 12.0. The largest absolute Gasteiger partial charge is 0.361 e. The van der Waals surface area contributed by atoms with E-state index in [1.165, 1.54) is 4.90 Å². The van der Waals surface area contributed by atoms with Gasteiger partial charge < -0.3 is 4.90 Å². The highest BCUT2D eigenvalue weighted by Gasteiger charge is 2.12. The number of para-hydroxylation sites is 1. The minimum absolute atomic E-state index is 0.857. The molecule has 0 radical (unpaired) electrons. The van der Waals surface area contributed by atoms with Crippen LogP contribution in [0.3, 0.4) is 0 Å². The van der Waals surface area contributed by atoms with Gasteiger partial charge in [-0.2, -0.15) is 0 Å². The second-order valence-electron chi connectivity index (χ2n) is 4.12. The Morgan fingerprint density at radius 3 is 2.78 bits per heavy atom. The molecule has 1 aliphatic heterocycles. The molecule has 2 rings (SSSR count). The molecule has 0 saturated carbocycles. The average molecular weight is 261 g/mol. The van der Waals surface area contributed by atoms with Crippen molar-refractivity contribution in [1.29, 1.82) is 0 Å². The number of thioether (sulfide) groups is 1. The lowest BCUT2D eigenvalue weighted by Gasteiger charge is -2.21. The fourth-order valence-electron chi connectivity index (χ4n) is 1.98. The fourth-order valence-corrected chi connectivity index (χ4v) is 2.83. The Bertz CT molecular complexity index is 476. The summed E-state index contributed by atoms with van der Waals surface area (Å²) >= 11 is 1.81. The molecule has 0 saturated heterocycles. The third-order valence-corrected chi connectivity index (χ3v) is 4.04. The molecule has 18 heavy (non-hydrogen) atoms. The van der Waals surface area contributed by atoms with Crippen molar-refractivity contribution in [2.75, 3.05) is 18.8 Å². The average Bonchev–Trinajstić information content (AvgIpc) is 2.40. The van der Waals surface area contributed by atoms with Gasteiger partial charge in [-0.15, -0.1) is 11.8 Å². The van der Waals surface area contributed by atoms with Gasteiger partial charge in [-0.25, -0.2) is 9.98 Å². The maximum Gasteiger partial charge on any atom is 0.141 e. The Hall–Kier alpha value is -1.29. The summed E-state index contributed by atoms with van der Waals surface area (Å²) in [5.74, 6) is 2.83. The molecular formula is C14H19N3S. The third-order valence-electron chi connectivity index (χ3n) is 2.98.